The van der Waals surface area contributed by atoms with Crippen LogP contribution in [0.2, 0.25) is 0 Å². The van der Waals surface area contributed by atoms with Crippen molar-refractivity contribution in [3.63, 3.8) is 0 Å². The lowest BCUT2D eigenvalue weighted by Crippen LogP contribution is -2.15. The number of nitrogens with zero attached hydrogens (tertiary/aromatic N) is 1. The molecule has 0 aliphatic carbocycles. The summed E-state index contributed by atoms with van der Waals surface area (Å²) in [5.74, 6) is 0.390. The molecule has 0 amide bonds. The fourth-order valence-electron chi connectivity index (χ4n) is 2.72. The Morgan fingerprint density at radius 2 is 1.80 bits per heavy atom. The minimum Gasteiger partial charge on any atom is -0.497 e. The van der Waals surface area contributed by atoms with Crippen molar-refractivity contribution in [2.45, 2.75) is 36.8 Å². The number of nitro groups is 1. The maximum absolute atomic E-state index is 13.1. The number of methoxy groups -OCH3 is 1. The smallest absolute Gasteiger partial charge is 0.274 e. The summed E-state index contributed by atoms with van der Waals surface area (Å²) in [4.78, 5) is 11.0. The highest BCUT2D eigenvalue weighted by atomic mass is 32.2. The summed E-state index contributed by atoms with van der Waals surface area (Å²) >= 11 is 0. The Kier molecular flexibility index (Phi) is 5.79. The second kappa shape index (κ2) is 7.65. The van der Waals surface area contributed by atoms with E-state index in [4.69, 9.17) is 4.74 Å². The molecule has 0 radical (unpaired) electrons. The van der Waals surface area contributed by atoms with Gasteiger partial charge >= 0.3 is 0 Å². The Labute approximate surface area is 147 Å². The van der Waals surface area contributed by atoms with Crippen LogP contribution in [-0.4, -0.2) is 20.5 Å². The lowest BCUT2D eigenvalue weighted by atomic mass is 10.1. The van der Waals surface area contributed by atoms with Crippen molar-refractivity contribution in [1.29, 1.82) is 0 Å². The molecule has 25 heavy (non-hydrogen) atoms. The highest BCUT2D eigenvalue weighted by Gasteiger charge is 2.33. The van der Waals surface area contributed by atoms with Crippen LogP contribution in [0.4, 0.5) is 5.69 Å². The number of ether oxygens (including phenoxy) is 1. The molecular weight excluding hydrogens is 342 g/mol. The average Bonchev–Trinajstić information content (AvgIpc) is 2.59. The molecule has 0 heterocycles. The zero-order chi connectivity index (χ0) is 18.6. The number of nitro benzene ring substituents is 1. The summed E-state index contributed by atoms with van der Waals surface area (Å²) in [6, 6.07) is 10.7. The maximum Gasteiger partial charge on any atom is 0.274 e. The molecular formula is C18H21NO5S. The van der Waals surface area contributed by atoms with Crippen LogP contribution in [0, 0.1) is 17.0 Å². The summed E-state index contributed by atoms with van der Waals surface area (Å²) in [6.07, 6.45) is 0.855. The van der Waals surface area contributed by atoms with Gasteiger partial charge in [0.1, 0.15) is 5.75 Å². The largest absolute Gasteiger partial charge is 0.497 e. The molecule has 0 aliphatic heterocycles. The van der Waals surface area contributed by atoms with E-state index in [2.05, 4.69) is 0 Å². The zero-order valence-corrected chi connectivity index (χ0v) is 15.2. The topological polar surface area (TPSA) is 86.5 Å². The van der Waals surface area contributed by atoms with Crippen LogP contribution < -0.4 is 4.74 Å². The van der Waals surface area contributed by atoms with Gasteiger partial charge in [-0.15, -0.1) is 0 Å². The molecule has 0 aliphatic rings. The van der Waals surface area contributed by atoms with Crippen LogP contribution in [0.25, 0.3) is 0 Å². The van der Waals surface area contributed by atoms with Crippen molar-refractivity contribution in [1.82, 2.24) is 0 Å². The summed E-state index contributed by atoms with van der Waals surface area (Å²) in [7, 11) is -2.34. The molecule has 2 aromatic carbocycles. The van der Waals surface area contributed by atoms with Crippen LogP contribution >= 0.6 is 0 Å². The predicted molar refractivity (Wildman–Crippen MR) is 95.7 cm³/mol. The van der Waals surface area contributed by atoms with E-state index in [-0.39, 0.29) is 22.6 Å². The summed E-state index contributed by atoms with van der Waals surface area (Å²) < 4.78 is 31.4. The highest BCUT2D eigenvalue weighted by Crippen LogP contribution is 2.39. The molecule has 0 N–H and O–H groups in total. The van der Waals surface area contributed by atoms with Crippen molar-refractivity contribution < 1.29 is 18.1 Å². The Morgan fingerprint density at radius 3 is 2.32 bits per heavy atom. The molecule has 0 saturated heterocycles. The molecule has 134 valence electrons. The maximum atomic E-state index is 13.1. The average molecular weight is 363 g/mol. The van der Waals surface area contributed by atoms with Gasteiger partial charge in [-0.2, -0.15) is 0 Å². The van der Waals surface area contributed by atoms with Gasteiger partial charge in [0.2, 0.25) is 0 Å². The molecule has 7 heteroatoms. The SMILES string of the molecule is CCCC(c1cc(OC)ccc1[N+](=O)[O-])S(=O)(=O)c1ccc(C)cc1. The number of hydrogen-bond donors (Lipinski definition) is 0. The van der Waals surface area contributed by atoms with Crippen molar-refractivity contribution >= 4 is 15.5 Å². The second-order valence-corrected chi connectivity index (χ2v) is 7.95. The number of hydrogen-bond acceptors (Lipinski definition) is 5. The number of aryl methyl sites for hydroxylation is 1. The summed E-state index contributed by atoms with van der Waals surface area (Å²) in [5, 5.41) is 10.4. The van der Waals surface area contributed by atoms with Crippen molar-refractivity contribution in [2.24, 2.45) is 0 Å². The van der Waals surface area contributed by atoms with Gasteiger partial charge in [0.15, 0.2) is 9.84 Å². The van der Waals surface area contributed by atoms with Gasteiger partial charge in [-0.25, -0.2) is 8.42 Å². The Hall–Kier alpha value is -2.41. The third kappa shape index (κ3) is 3.99. The van der Waals surface area contributed by atoms with Gasteiger partial charge in [0.25, 0.3) is 5.69 Å². The molecule has 1 atom stereocenters. The van der Waals surface area contributed by atoms with E-state index in [1.807, 2.05) is 13.8 Å². The normalized spacial score (nSPS) is 12.6. The van der Waals surface area contributed by atoms with Crippen molar-refractivity contribution in [2.75, 3.05) is 7.11 Å². The van der Waals surface area contributed by atoms with Crippen LogP contribution in [0.5, 0.6) is 5.75 Å². The predicted octanol–water partition coefficient (Wildman–Crippen LogP) is 4.23. The minimum atomic E-state index is -3.77. The first-order chi connectivity index (χ1) is 11.8. The minimum absolute atomic E-state index is 0.159. The standard InChI is InChI=1S/C18H21NO5S/c1-4-5-18(25(22,23)15-9-6-13(2)7-10-15)16-12-14(24-3)8-11-17(16)19(20)21/h6-12,18H,4-5H2,1-3H3. The first-order valence-electron chi connectivity index (χ1n) is 7.94. The third-order valence-electron chi connectivity index (χ3n) is 4.05. The second-order valence-electron chi connectivity index (χ2n) is 5.82. The fourth-order valence-corrected chi connectivity index (χ4v) is 4.63. The fraction of sp³-hybridized carbons (Fsp3) is 0.333. The molecule has 1 unspecified atom stereocenters. The van der Waals surface area contributed by atoms with Crippen LogP contribution in [0.3, 0.4) is 0 Å². The molecule has 0 bridgehead atoms. The first-order valence-corrected chi connectivity index (χ1v) is 9.48. The highest BCUT2D eigenvalue weighted by molar-refractivity contribution is 7.91. The van der Waals surface area contributed by atoms with Gasteiger partial charge in [-0.05, 0) is 37.6 Å². The molecule has 2 rings (SSSR count). The van der Waals surface area contributed by atoms with E-state index in [1.54, 1.807) is 24.3 Å². The van der Waals surface area contributed by atoms with E-state index in [1.165, 1.54) is 25.3 Å². The monoisotopic (exact) mass is 363 g/mol. The van der Waals surface area contributed by atoms with E-state index >= 15 is 0 Å². The van der Waals surface area contributed by atoms with E-state index in [9.17, 15) is 18.5 Å². The molecule has 6 nitrogen and oxygen atoms in total. The quantitative estimate of drug-likeness (QED) is 0.543. The van der Waals surface area contributed by atoms with E-state index in [0.717, 1.165) is 5.56 Å². The molecule has 0 spiro atoms. The van der Waals surface area contributed by atoms with E-state index in [0.29, 0.717) is 12.2 Å². The molecule has 0 fully saturated rings. The van der Waals surface area contributed by atoms with Gasteiger partial charge in [0.05, 0.1) is 27.7 Å². The lowest BCUT2D eigenvalue weighted by Gasteiger charge is -2.18. The Bertz CT molecular complexity index is 860. The first kappa shape index (κ1) is 18.9. The van der Waals surface area contributed by atoms with Crippen LogP contribution in [0.1, 0.15) is 36.1 Å². The Balaban J connectivity index is 2.65. The van der Waals surface area contributed by atoms with Gasteiger partial charge in [-0.1, -0.05) is 31.0 Å². The van der Waals surface area contributed by atoms with Gasteiger partial charge in [0, 0.05) is 6.07 Å². The van der Waals surface area contributed by atoms with Gasteiger partial charge in [-0.3, -0.25) is 10.1 Å². The number of sulfone groups is 1. The van der Waals surface area contributed by atoms with E-state index < -0.39 is 20.0 Å². The molecule has 2 aromatic rings. The summed E-state index contributed by atoms with van der Waals surface area (Å²) in [6.45, 7) is 3.72. The Morgan fingerprint density at radius 1 is 1.16 bits per heavy atom. The third-order valence-corrected chi connectivity index (χ3v) is 6.22. The van der Waals surface area contributed by atoms with Crippen LogP contribution in [-0.2, 0) is 9.84 Å². The number of benzene rings is 2. The number of rotatable bonds is 7. The van der Waals surface area contributed by atoms with Crippen LogP contribution in [0.15, 0.2) is 47.4 Å². The zero-order valence-electron chi connectivity index (χ0n) is 14.4. The van der Waals surface area contributed by atoms with Crippen molar-refractivity contribution in [3.8, 4) is 5.75 Å². The summed E-state index contributed by atoms with van der Waals surface area (Å²) in [5.41, 5.74) is 0.889. The lowest BCUT2D eigenvalue weighted by molar-refractivity contribution is -0.385. The molecule has 0 aromatic heterocycles. The van der Waals surface area contributed by atoms with Crippen molar-refractivity contribution in [3.05, 3.63) is 63.7 Å². The molecule has 0 saturated carbocycles. The van der Waals surface area contributed by atoms with Gasteiger partial charge < -0.3 is 4.74 Å².